The predicted octanol–water partition coefficient (Wildman–Crippen LogP) is 4.55. The molecule has 5 aromatic rings. The summed E-state index contributed by atoms with van der Waals surface area (Å²) in [5, 5.41) is 30.3. The Morgan fingerprint density at radius 2 is 1.60 bits per heavy atom. The first-order valence-electron chi connectivity index (χ1n) is 16.0. The molecule has 0 saturated carbocycles. The standard InChI is InChI=1S/C35H37N9O4/c1-4-42(5-2)27-13-11-24(12-14-27)30-28-21-43(17-6-16-36-35(47)48)34(46)31(28)44-18-15-26(19-29(30)44)33(45)37-20-23-7-9-25(10-8-23)32-40-38-22(3)39-41-32/h7-15,18-19,36H,4-6,16-17,20-21H2,1-3H3,(H,37,45)(H,47,48). The number of hydrogen-bond donors (Lipinski definition) is 3. The summed E-state index contributed by atoms with van der Waals surface area (Å²) in [5.41, 5.74) is 7.35. The molecule has 1 aliphatic rings. The van der Waals surface area contributed by atoms with E-state index >= 15 is 0 Å². The summed E-state index contributed by atoms with van der Waals surface area (Å²) in [4.78, 5) is 42.0. The Balaban J connectivity index is 1.26. The van der Waals surface area contributed by atoms with Crippen LogP contribution in [0, 0.1) is 6.92 Å². The minimum Gasteiger partial charge on any atom is -0.465 e. The first kappa shape index (κ1) is 32.1. The molecule has 13 nitrogen and oxygen atoms in total. The fraction of sp³-hybridized carbons (Fsp3) is 0.286. The van der Waals surface area contributed by atoms with E-state index in [1.54, 1.807) is 24.1 Å². The van der Waals surface area contributed by atoms with E-state index in [0.29, 0.717) is 49.0 Å². The van der Waals surface area contributed by atoms with E-state index in [1.165, 1.54) is 0 Å². The van der Waals surface area contributed by atoms with Gasteiger partial charge in [0.05, 0.1) is 5.52 Å². The highest BCUT2D eigenvalue weighted by Crippen LogP contribution is 2.39. The van der Waals surface area contributed by atoms with Gasteiger partial charge in [0.2, 0.25) is 5.82 Å². The zero-order valence-corrected chi connectivity index (χ0v) is 27.1. The Hall–Kier alpha value is -5.85. The summed E-state index contributed by atoms with van der Waals surface area (Å²) >= 11 is 0. The van der Waals surface area contributed by atoms with Gasteiger partial charge < -0.3 is 29.9 Å². The number of aryl methyl sites for hydroxylation is 1. The first-order valence-corrected chi connectivity index (χ1v) is 16.0. The number of pyridine rings is 1. The Bertz CT molecular complexity index is 1950. The highest BCUT2D eigenvalue weighted by Gasteiger charge is 2.34. The van der Waals surface area contributed by atoms with Gasteiger partial charge >= 0.3 is 6.09 Å². The lowest BCUT2D eigenvalue weighted by atomic mass is 10.0. The number of amides is 3. The maximum Gasteiger partial charge on any atom is 0.404 e. The van der Waals surface area contributed by atoms with Gasteiger partial charge in [-0.15, -0.1) is 20.4 Å². The van der Waals surface area contributed by atoms with Crippen LogP contribution in [0.5, 0.6) is 0 Å². The molecule has 0 unspecified atom stereocenters. The Morgan fingerprint density at radius 3 is 2.27 bits per heavy atom. The average Bonchev–Trinajstić information content (AvgIpc) is 3.59. The highest BCUT2D eigenvalue weighted by molar-refractivity contribution is 6.05. The van der Waals surface area contributed by atoms with Gasteiger partial charge in [-0.3, -0.25) is 9.59 Å². The van der Waals surface area contributed by atoms with E-state index in [2.05, 4.69) is 74.0 Å². The quantitative estimate of drug-likeness (QED) is 0.165. The minimum atomic E-state index is -1.09. The van der Waals surface area contributed by atoms with E-state index in [4.69, 9.17) is 5.11 Å². The number of carboxylic acid groups (broad SMARTS) is 1. The summed E-state index contributed by atoms with van der Waals surface area (Å²) in [6.07, 6.45) is 1.20. The maximum absolute atomic E-state index is 13.7. The maximum atomic E-state index is 13.7. The van der Waals surface area contributed by atoms with Crippen LogP contribution >= 0.6 is 0 Å². The predicted molar refractivity (Wildman–Crippen MR) is 181 cm³/mol. The number of hydrogen-bond acceptors (Lipinski definition) is 8. The Kier molecular flexibility index (Phi) is 9.28. The van der Waals surface area contributed by atoms with Crippen molar-refractivity contribution in [3.8, 4) is 22.5 Å². The highest BCUT2D eigenvalue weighted by atomic mass is 16.4. The van der Waals surface area contributed by atoms with Crippen LogP contribution in [0.15, 0.2) is 66.9 Å². The number of anilines is 1. The van der Waals surface area contributed by atoms with Crippen molar-refractivity contribution in [2.24, 2.45) is 0 Å². The van der Waals surface area contributed by atoms with Crippen LogP contribution in [-0.4, -0.2) is 78.9 Å². The fourth-order valence-corrected chi connectivity index (χ4v) is 6.09. The van der Waals surface area contributed by atoms with Crippen LogP contribution in [-0.2, 0) is 13.1 Å². The van der Waals surface area contributed by atoms with Gasteiger partial charge in [0.1, 0.15) is 5.69 Å². The normalized spacial score (nSPS) is 12.3. The van der Waals surface area contributed by atoms with Crippen molar-refractivity contribution < 1.29 is 19.5 Å². The molecule has 3 aromatic heterocycles. The molecule has 2 aromatic carbocycles. The minimum absolute atomic E-state index is 0.121. The molecular weight excluding hydrogens is 610 g/mol. The Labute approximate surface area is 277 Å². The first-order chi connectivity index (χ1) is 23.3. The number of fused-ring (bicyclic) bond motifs is 3. The lowest BCUT2D eigenvalue weighted by Crippen LogP contribution is -2.30. The lowest BCUT2D eigenvalue weighted by Gasteiger charge is -2.21. The molecule has 1 aliphatic heterocycles. The molecule has 246 valence electrons. The van der Waals surface area contributed by atoms with Crippen molar-refractivity contribution in [1.82, 2.24) is 40.3 Å². The number of nitrogens with one attached hydrogen (secondary N) is 2. The third kappa shape index (κ3) is 6.52. The summed E-state index contributed by atoms with van der Waals surface area (Å²) in [6, 6.07) is 19.4. The van der Waals surface area contributed by atoms with Gasteiger partial charge in [0.25, 0.3) is 11.8 Å². The number of benzene rings is 2. The van der Waals surface area contributed by atoms with Gasteiger partial charge in [-0.1, -0.05) is 36.4 Å². The molecule has 0 atom stereocenters. The molecule has 0 saturated heterocycles. The number of rotatable bonds is 12. The van der Waals surface area contributed by atoms with Crippen LogP contribution in [0.4, 0.5) is 10.5 Å². The van der Waals surface area contributed by atoms with Gasteiger partial charge in [0.15, 0.2) is 5.82 Å². The number of nitrogens with zero attached hydrogens (tertiary/aromatic N) is 7. The third-order valence-corrected chi connectivity index (χ3v) is 8.55. The van der Waals surface area contributed by atoms with E-state index < -0.39 is 6.09 Å². The summed E-state index contributed by atoms with van der Waals surface area (Å²) < 4.78 is 1.87. The van der Waals surface area contributed by atoms with E-state index in [0.717, 1.165) is 52.1 Å². The molecule has 0 fully saturated rings. The van der Waals surface area contributed by atoms with Gasteiger partial charge in [-0.05, 0) is 62.6 Å². The van der Waals surface area contributed by atoms with E-state index in [9.17, 15) is 14.4 Å². The zero-order valence-electron chi connectivity index (χ0n) is 27.1. The van der Waals surface area contributed by atoms with Crippen molar-refractivity contribution in [2.45, 2.75) is 40.3 Å². The van der Waals surface area contributed by atoms with E-state index in [1.807, 2.05) is 34.7 Å². The molecule has 0 aliphatic carbocycles. The largest absolute Gasteiger partial charge is 0.465 e. The van der Waals surface area contributed by atoms with Gasteiger partial charge in [-0.2, -0.15) is 0 Å². The summed E-state index contributed by atoms with van der Waals surface area (Å²) in [7, 11) is 0. The monoisotopic (exact) mass is 647 g/mol. The van der Waals surface area contributed by atoms with Crippen molar-refractivity contribution >= 4 is 29.1 Å². The molecule has 0 radical (unpaired) electrons. The lowest BCUT2D eigenvalue weighted by molar-refractivity contribution is 0.0771. The van der Waals surface area contributed by atoms with E-state index in [-0.39, 0.29) is 18.4 Å². The number of aromatic nitrogens is 5. The van der Waals surface area contributed by atoms with Crippen LogP contribution in [0.25, 0.3) is 28.0 Å². The van der Waals surface area contributed by atoms with Crippen LogP contribution < -0.4 is 15.5 Å². The van der Waals surface area contributed by atoms with Crippen molar-refractivity contribution in [3.05, 3.63) is 95.1 Å². The van der Waals surface area contributed by atoms with Gasteiger partial charge in [0, 0.05) is 73.4 Å². The molecule has 3 N–H and O–H groups in total. The molecule has 6 rings (SSSR count). The Morgan fingerprint density at radius 1 is 0.917 bits per heavy atom. The SMILES string of the molecule is CCN(CC)c1ccc(-c2c3c(n4ccc(C(=O)NCc5ccc(-c6nnc(C)nn6)cc5)cc24)C(=O)N(CCCNC(=O)O)C3)cc1. The molecule has 3 amide bonds. The molecule has 0 bridgehead atoms. The molecule has 4 heterocycles. The molecule has 0 spiro atoms. The average molecular weight is 648 g/mol. The molecular formula is C35H37N9O4. The fourth-order valence-electron chi connectivity index (χ4n) is 6.09. The summed E-state index contributed by atoms with van der Waals surface area (Å²) in [6.45, 7) is 9.13. The van der Waals surface area contributed by atoms with Crippen molar-refractivity contribution in [3.63, 3.8) is 0 Å². The topological polar surface area (TPSA) is 158 Å². The second-order valence-electron chi connectivity index (χ2n) is 11.6. The smallest absolute Gasteiger partial charge is 0.404 e. The number of carbonyl (C=O) groups is 3. The summed E-state index contributed by atoms with van der Waals surface area (Å²) in [5.74, 6) is 0.570. The second-order valence-corrected chi connectivity index (χ2v) is 11.6. The second kappa shape index (κ2) is 13.9. The van der Waals surface area contributed by atoms with Crippen molar-refractivity contribution in [2.75, 3.05) is 31.1 Å². The molecule has 48 heavy (non-hydrogen) atoms. The zero-order chi connectivity index (χ0) is 33.8. The van der Waals surface area contributed by atoms with Gasteiger partial charge in [-0.25, -0.2) is 4.79 Å². The third-order valence-electron chi connectivity index (χ3n) is 8.55. The van der Waals surface area contributed by atoms with Crippen LogP contribution in [0.1, 0.15) is 58.1 Å². The number of carbonyl (C=O) groups excluding carboxylic acids is 2. The molecule has 13 heteroatoms. The van der Waals surface area contributed by atoms with Crippen LogP contribution in [0.3, 0.4) is 0 Å². The van der Waals surface area contributed by atoms with Crippen LogP contribution in [0.2, 0.25) is 0 Å². The van der Waals surface area contributed by atoms with Crippen molar-refractivity contribution in [1.29, 1.82) is 0 Å².